The van der Waals surface area contributed by atoms with Crippen LogP contribution in [0.15, 0.2) is 79.3 Å². The topological polar surface area (TPSA) is 95.6 Å². The van der Waals surface area contributed by atoms with Crippen LogP contribution < -0.4 is 10.6 Å². The van der Waals surface area contributed by atoms with Crippen molar-refractivity contribution in [1.29, 1.82) is 5.26 Å². The highest BCUT2D eigenvalue weighted by Gasteiger charge is 2.33. The van der Waals surface area contributed by atoms with Gasteiger partial charge in [0.15, 0.2) is 0 Å². The van der Waals surface area contributed by atoms with E-state index in [0.29, 0.717) is 5.82 Å². The number of amides is 1. The fraction of sp³-hybridized carbons (Fsp3) is 0.214. The van der Waals surface area contributed by atoms with E-state index in [2.05, 4.69) is 20.7 Å². The Bertz CT molecular complexity index is 1430. The van der Waals surface area contributed by atoms with Gasteiger partial charge in [-0.15, -0.1) is 0 Å². The molecule has 0 aliphatic carbocycles. The average molecular weight is 519 g/mol. The minimum atomic E-state index is -4.56. The summed E-state index contributed by atoms with van der Waals surface area (Å²) >= 11 is 0. The van der Waals surface area contributed by atoms with Gasteiger partial charge in [-0.25, -0.2) is 4.98 Å². The van der Waals surface area contributed by atoms with E-state index in [9.17, 15) is 18.0 Å². The summed E-state index contributed by atoms with van der Waals surface area (Å²) in [7, 11) is 1.82. The zero-order chi connectivity index (χ0) is 27.1. The predicted molar refractivity (Wildman–Crippen MR) is 137 cm³/mol. The summed E-state index contributed by atoms with van der Waals surface area (Å²) in [6, 6.07) is 18.0. The van der Waals surface area contributed by atoms with Crippen molar-refractivity contribution in [2.75, 3.05) is 18.4 Å². The third-order valence-corrected chi connectivity index (χ3v) is 6.04. The molecule has 7 nitrogen and oxygen atoms in total. The van der Waals surface area contributed by atoms with Gasteiger partial charge >= 0.3 is 6.18 Å². The first kappa shape index (κ1) is 26.6. The molecule has 4 aromatic rings. The van der Waals surface area contributed by atoms with E-state index in [1.807, 2.05) is 49.6 Å². The second kappa shape index (κ2) is 11.7. The molecule has 194 valence electrons. The Morgan fingerprint density at radius 2 is 1.87 bits per heavy atom. The van der Waals surface area contributed by atoms with Gasteiger partial charge < -0.3 is 10.6 Å². The Morgan fingerprint density at radius 1 is 1.08 bits per heavy atom. The van der Waals surface area contributed by atoms with Crippen LogP contribution in [-0.2, 0) is 24.4 Å². The van der Waals surface area contributed by atoms with Gasteiger partial charge in [0.2, 0.25) is 5.91 Å². The van der Waals surface area contributed by atoms with Crippen LogP contribution >= 0.6 is 0 Å². The second-order valence-electron chi connectivity index (χ2n) is 8.72. The molecule has 0 spiro atoms. The molecule has 10 heteroatoms. The van der Waals surface area contributed by atoms with E-state index >= 15 is 0 Å². The lowest BCUT2D eigenvalue weighted by Gasteiger charge is -2.18. The first-order valence-electron chi connectivity index (χ1n) is 11.9. The summed E-state index contributed by atoms with van der Waals surface area (Å²) in [6.45, 7) is 0.422. The van der Waals surface area contributed by atoms with Gasteiger partial charge in [0.25, 0.3) is 0 Å². The maximum absolute atomic E-state index is 13.5. The molecular formula is C28H25F3N6O. The molecule has 38 heavy (non-hydrogen) atoms. The number of benzene rings is 2. The summed E-state index contributed by atoms with van der Waals surface area (Å²) in [5.41, 5.74) is 1.74. The smallest absolute Gasteiger partial charge is 0.315 e. The van der Waals surface area contributed by atoms with Gasteiger partial charge in [-0.05, 0) is 48.4 Å². The van der Waals surface area contributed by atoms with Crippen LogP contribution in [0.3, 0.4) is 0 Å². The largest absolute Gasteiger partial charge is 0.416 e. The maximum Gasteiger partial charge on any atom is 0.416 e. The third kappa shape index (κ3) is 6.63. The number of halogens is 3. The van der Waals surface area contributed by atoms with Crippen molar-refractivity contribution in [3.05, 3.63) is 102 Å². The molecule has 0 fully saturated rings. The van der Waals surface area contributed by atoms with Crippen LogP contribution in [-0.4, -0.2) is 33.8 Å². The van der Waals surface area contributed by atoms with Gasteiger partial charge in [0.05, 0.1) is 29.3 Å². The lowest BCUT2D eigenvalue weighted by Crippen LogP contribution is -2.32. The van der Waals surface area contributed by atoms with E-state index in [4.69, 9.17) is 5.26 Å². The number of aryl methyl sites for hydroxylation is 1. The normalized spacial score (nSPS) is 12.1. The highest BCUT2D eigenvalue weighted by atomic mass is 19.4. The van der Waals surface area contributed by atoms with Gasteiger partial charge in [-0.3, -0.25) is 9.48 Å². The summed E-state index contributed by atoms with van der Waals surface area (Å²) in [5, 5.41) is 19.0. The molecule has 2 N–H and O–H groups in total. The fourth-order valence-electron chi connectivity index (χ4n) is 4.07. The average Bonchev–Trinajstić information content (AvgIpc) is 3.35. The number of hydrogen-bond donors (Lipinski definition) is 2. The van der Waals surface area contributed by atoms with Crippen LogP contribution in [0.4, 0.5) is 19.0 Å². The number of carbonyl (C=O) groups excluding carboxylic acids is 1. The van der Waals surface area contributed by atoms with Gasteiger partial charge in [0, 0.05) is 37.1 Å². The zero-order valence-electron chi connectivity index (χ0n) is 20.5. The number of rotatable bonds is 9. The Kier molecular flexibility index (Phi) is 8.19. The van der Waals surface area contributed by atoms with Crippen molar-refractivity contribution in [2.45, 2.75) is 18.5 Å². The SMILES string of the molecule is Cn1cc(-c2ccc(NC(=O)C(CNCCc3ccc(C#N)cc3C(F)(F)F)c3ccccc3)nc2)cn1. The molecule has 0 aliphatic rings. The number of aromatic nitrogens is 3. The van der Waals surface area contributed by atoms with Crippen LogP contribution in [0, 0.1) is 11.3 Å². The zero-order valence-corrected chi connectivity index (χ0v) is 20.5. The van der Waals surface area contributed by atoms with Crippen molar-refractivity contribution in [3.8, 4) is 17.2 Å². The van der Waals surface area contributed by atoms with Gasteiger partial charge in [-0.1, -0.05) is 36.4 Å². The number of anilines is 1. The molecule has 2 aromatic heterocycles. The maximum atomic E-state index is 13.5. The van der Waals surface area contributed by atoms with E-state index < -0.39 is 17.7 Å². The molecule has 4 rings (SSSR count). The first-order valence-corrected chi connectivity index (χ1v) is 11.9. The molecular weight excluding hydrogens is 493 g/mol. The Hall–Kier alpha value is -4.49. The van der Waals surface area contributed by atoms with E-state index in [1.54, 1.807) is 29.2 Å². The van der Waals surface area contributed by atoms with Crippen molar-refractivity contribution in [2.24, 2.45) is 7.05 Å². The molecule has 1 atom stereocenters. The summed E-state index contributed by atoms with van der Waals surface area (Å²) in [5.74, 6) is -0.505. The minimum Gasteiger partial charge on any atom is -0.315 e. The van der Waals surface area contributed by atoms with Crippen molar-refractivity contribution in [1.82, 2.24) is 20.1 Å². The number of pyridine rings is 1. The van der Waals surface area contributed by atoms with Crippen LogP contribution in [0.5, 0.6) is 0 Å². The number of nitrogens with one attached hydrogen (secondary N) is 2. The molecule has 0 aliphatic heterocycles. The lowest BCUT2D eigenvalue weighted by molar-refractivity contribution is -0.138. The summed E-state index contributed by atoms with van der Waals surface area (Å²) in [4.78, 5) is 17.6. The van der Waals surface area contributed by atoms with Gasteiger partial charge in [0.1, 0.15) is 5.82 Å². The Balaban J connectivity index is 1.42. The second-order valence-corrected chi connectivity index (χ2v) is 8.72. The molecule has 1 unspecified atom stereocenters. The quantitative estimate of drug-likeness (QED) is 0.307. The molecule has 0 bridgehead atoms. The van der Waals surface area contributed by atoms with Gasteiger partial charge in [-0.2, -0.15) is 23.5 Å². The molecule has 0 radical (unpaired) electrons. The standard InChI is InChI=1S/C28H25F3N6O/c1-37-18-23(16-35-37)22-9-10-26(34-15-22)36-27(38)24(20-5-3-2-4-6-20)17-33-12-11-21-8-7-19(14-32)13-25(21)28(29,30)31/h2-10,13,15-16,18,24,33H,11-12,17H2,1H3,(H,34,36,38). The first-order chi connectivity index (χ1) is 18.2. The summed E-state index contributed by atoms with van der Waals surface area (Å²) < 4.78 is 42.1. The highest BCUT2D eigenvalue weighted by molar-refractivity contribution is 5.95. The Labute approximate surface area is 217 Å². The van der Waals surface area contributed by atoms with Crippen molar-refractivity contribution >= 4 is 11.7 Å². The number of hydrogen-bond acceptors (Lipinski definition) is 5. The molecule has 1 amide bonds. The van der Waals surface area contributed by atoms with E-state index in [0.717, 1.165) is 22.8 Å². The minimum absolute atomic E-state index is 0.0445. The number of carbonyl (C=O) groups is 1. The summed E-state index contributed by atoms with van der Waals surface area (Å²) in [6.07, 6.45) is 0.761. The molecule has 0 saturated carbocycles. The molecule has 2 heterocycles. The number of nitriles is 1. The van der Waals surface area contributed by atoms with Crippen LogP contribution in [0.2, 0.25) is 0 Å². The number of nitrogens with zero attached hydrogens (tertiary/aromatic N) is 4. The third-order valence-electron chi connectivity index (χ3n) is 6.04. The molecule has 2 aromatic carbocycles. The van der Waals surface area contributed by atoms with Crippen LogP contribution in [0.1, 0.15) is 28.2 Å². The van der Waals surface area contributed by atoms with E-state index in [-0.39, 0.29) is 36.5 Å². The highest BCUT2D eigenvalue weighted by Crippen LogP contribution is 2.33. The Morgan fingerprint density at radius 3 is 2.50 bits per heavy atom. The van der Waals surface area contributed by atoms with Crippen molar-refractivity contribution < 1.29 is 18.0 Å². The lowest BCUT2D eigenvalue weighted by atomic mass is 9.97. The predicted octanol–water partition coefficient (Wildman–Crippen LogP) is 4.93. The van der Waals surface area contributed by atoms with Crippen LogP contribution in [0.25, 0.3) is 11.1 Å². The number of alkyl halides is 3. The van der Waals surface area contributed by atoms with Crippen molar-refractivity contribution in [3.63, 3.8) is 0 Å². The van der Waals surface area contributed by atoms with E-state index in [1.165, 1.54) is 12.1 Å². The fourth-order valence-corrected chi connectivity index (χ4v) is 4.07. The molecule has 0 saturated heterocycles. The monoisotopic (exact) mass is 518 g/mol.